The molecule has 0 aliphatic rings. The van der Waals surface area contributed by atoms with Crippen LogP contribution in [0.3, 0.4) is 0 Å². The third-order valence-electron chi connectivity index (χ3n) is 2.47. The number of carbonyl (C=O) groups is 1. The van der Waals surface area contributed by atoms with Crippen molar-refractivity contribution in [3.05, 3.63) is 33.8 Å². The standard InChI is InChI=1S/C12H16BrNO/c1-4-14(5-2)12(15)10-8-6-7-9(3)11(10)13/h6-8H,4-5H2,1-3H3. The van der Waals surface area contributed by atoms with Gasteiger partial charge in [0, 0.05) is 17.6 Å². The van der Waals surface area contributed by atoms with Gasteiger partial charge in [0.05, 0.1) is 5.56 Å². The lowest BCUT2D eigenvalue weighted by Crippen LogP contribution is -2.30. The van der Waals surface area contributed by atoms with Gasteiger partial charge in [-0.25, -0.2) is 0 Å². The van der Waals surface area contributed by atoms with Crippen molar-refractivity contribution in [2.24, 2.45) is 0 Å². The Morgan fingerprint density at radius 1 is 1.33 bits per heavy atom. The molecule has 0 saturated carbocycles. The van der Waals surface area contributed by atoms with E-state index in [0.717, 1.165) is 28.7 Å². The molecule has 3 heteroatoms. The summed E-state index contributed by atoms with van der Waals surface area (Å²) < 4.78 is 0.905. The topological polar surface area (TPSA) is 20.3 Å². The second kappa shape index (κ2) is 5.31. The van der Waals surface area contributed by atoms with E-state index < -0.39 is 0 Å². The minimum Gasteiger partial charge on any atom is -0.339 e. The zero-order chi connectivity index (χ0) is 11.4. The molecule has 0 atom stereocenters. The highest BCUT2D eigenvalue weighted by Gasteiger charge is 2.15. The highest BCUT2D eigenvalue weighted by molar-refractivity contribution is 9.10. The molecule has 0 aromatic heterocycles. The highest BCUT2D eigenvalue weighted by Crippen LogP contribution is 2.22. The predicted octanol–water partition coefficient (Wildman–Crippen LogP) is 3.24. The van der Waals surface area contributed by atoms with Gasteiger partial charge in [-0.2, -0.15) is 0 Å². The van der Waals surface area contributed by atoms with Crippen LogP contribution < -0.4 is 0 Å². The van der Waals surface area contributed by atoms with E-state index in [-0.39, 0.29) is 5.91 Å². The summed E-state index contributed by atoms with van der Waals surface area (Å²) >= 11 is 3.46. The Morgan fingerprint density at radius 2 is 1.93 bits per heavy atom. The maximum atomic E-state index is 12.1. The van der Waals surface area contributed by atoms with E-state index in [1.165, 1.54) is 0 Å². The molecular formula is C12H16BrNO. The van der Waals surface area contributed by atoms with Gasteiger partial charge in [-0.05, 0) is 48.3 Å². The van der Waals surface area contributed by atoms with Gasteiger partial charge >= 0.3 is 0 Å². The number of benzene rings is 1. The minimum absolute atomic E-state index is 0.0931. The van der Waals surface area contributed by atoms with Crippen LogP contribution in [0.15, 0.2) is 22.7 Å². The number of rotatable bonds is 3. The summed E-state index contributed by atoms with van der Waals surface area (Å²) in [6.07, 6.45) is 0. The smallest absolute Gasteiger partial charge is 0.254 e. The van der Waals surface area contributed by atoms with E-state index in [9.17, 15) is 4.79 Å². The lowest BCUT2D eigenvalue weighted by Gasteiger charge is -2.19. The fourth-order valence-electron chi connectivity index (χ4n) is 1.49. The zero-order valence-electron chi connectivity index (χ0n) is 9.38. The molecule has 1 rings (SSSR count). The number of amides is 1. The van der Waals surface area contributed by atoms with E-state index in [1.807, 2.05) is 43.9 Å². The average Bonchev–Trinajstić information content (AvgIpc) is 2.23. The molecular weight excluding hydrogens is 254 g/mol. The number of nitrogens with zero attached hydrogens (tertiary/aromatic N) is 1. The largest absolute Gasteiger partial charge is 0.339 e. The number of aryl methyl sites for hydroxylation is 1. The Morgan fingerprint density at radius 3 is 2.47 bits per heavy atom. The number of halogens is 1. The fourth-order valence-corrected chi connectivity index (χ4v) is 1.93. The predicted molar refractivity (Wildman–Crippen MR) is 66.1 cm³/mol. The van der Waals surface area contributed by atoms with Crippen LogP contribution in [-0.2, 0) is 0 Å². The number of hydrogen-bond donors (Lipinski definition) is 0. The summed E-state index contributed by atoms with van der Waals surface area (Å²) in [6, 6.07) is 5.76. The van der Waals surface area contributed by atoms with Gasteiger partial charge in [-0.15, -0.1) is 0 Å². The van der Waals surface area contributed by atoms with E-state index in [2.05, 4.69) is 15.9 Å². The van der Waals surface area contributed by atoms with Crippen molar-refractivity contribution in [1.82, 2.24) is 4.90 Å². The van der Waals surface area contributed by atoms with Crippen molar-refractivity contribution in [2.75, 3.05) is 13.1 Å². The highest BCUT2D eigenvalue weighted by atomic mass is 79.9. The molecule has 0 spiro atoms. The lowest BCUT2D eigenvalue weighted by atomic mass is 10.1. The molecule has 0 bridgehead atoms. The first kappa shape index (κ1) is 12.2. The minimum atomic E-state index is 0.0931. The summed E-state index contributed by atoms with van der Waals surface area (Å²) in [6.45, 7) is 7.46. The molecule has 15 heavy (non-hydrogen) atoms. The second-order valence-electron chi connectivity index (χ2n) is 3.41. The van der Waals surface area contributed by atoms with Gasteiger partial charge in [0.15, 0.2) is 0 Å². The van der Waals surface area contributed by atoms with Gasteiger partial charge in [0.25, 0.3) is 5.91 Å². The van der Waals surface area contributed by atoms with Crippen LogP contribution >= 0.6 is 15.9 Å². The van der Waals surface area contributed by atoms with Crippen LogP contribution in [0, 0.1) is 6.92 Å². The summed E-state index contributed by atoms with van der Waals surface area (Å²) in [5, 5.41) is 0. The first-order valence-corrected chi connectivity index (χ1v) is 5.95. The quantitative estimate of drug-likeness (QED) is 0.825. The number of hydrogen-bond acceptors (Lipinski definition) is 1. The average molecular weight is 270 g/mol. The van der Waals surface area contributed by atoms with Gasteiger partial charge in [-0.1, -0.05) is 12.1 Å². The van der Waals surface area contributed by atoms with Crippen molar-refractivity contribution in [2.45, 2.75) is 20.8 Å². The molecule has 1 aromatic rings. The summed E-state index contributed by atoms with van der Waals surface area (Å²) in [4.78, 5) is 13.9. The maximum Gasteiger partial charge on any atom is 0.254 e. The molecule has 1 amide bonds. The van der Waals surface area contributed by atoms with E-state index in [4.69, 9.17) is 0 Å². The van der Waals surface area contributed by atoms with Gasteiger partial charge in [0.2, 0.25) is 0 Å². The van der Waals surface area contributed by atoms with Crippen LogP contribution in [0.5, 0.6) is 0 Å². The summed E-state index contributed by atoms with van der Waals surface area (Å²) in [7, 11) is 0. The van der Waals surface area contributed by atoms with Crippen molar-refractivity contribution in [3.8, 4) is 0 Å². The van der Waals surface area contributed by atoms with E-state index >= 15 is 0 Å². The molecule has 0 aliphatic carbocycles. The Hall–Kier alpha value is -0.830. The second-order valence-corrected chi connectivity index (χ2v) is 4.21. The molecule has 1 aromatic carbocycles. The molecule has 0 unspecified atom stereocenters. The molecule has 2 nitrogen and oxygen atoms in total. The van der Waals surface area contributed by atoms with Gasteiger partial charge in [-0.3, -0.25) is 4.79 Å². The maximum absolute atomic E-state index is 12.1. The molecule has 0 N–H and O–H groups in total. The molecule has 82 valence electrons. The SMILES string of the molecule is CCN(CC)C(=O)c1cccc(C)c1Br. The van der Waals surface area contributed by atoms with Crippen LogP contribution in [-0.4, -0.2) is 23.9 Å². The van der Waals surface area contributed by atoms with Crippen molar-refractivity contribution >= 4 is 21.8 Å². The van der Waals surface area contributed by atoms with Crippen molar-refractivity contribution < 1.29 is 4.79 Å². The molecule has 0 fully saturated rings. The van der Waals surface area contributed by atoms with Gasteiger partial charge < -0.3 is 4.90 Å². The van der Waals surface area contributed by atoms with E-state index in [1.54, 1.807) is 0 Å². The summed E-state index contributed by atoms with van der Waals surface area (Å²) in [5.41, 5.74) is 1.84. The normalized spacial score (nSPS) is 10.1. The van der Waals surface area contributed by atoms with Crippen molar-refractivity contribution in [1.29, 1.82) is 0 Å². The van der Waals surface area contributed by atoms with Crippen LogP contribution in [0.4, 0.5) is 0 Å². The molecule has 0 aliphatic heterocycles. The molecule has 0 radical (unpaired) electrons. The Bertz CT molecular complexity index is 359. The molecule has 0 saturated heterocycles. The van der Waals surface area contributed by atoms with Crippen LogP contribution in [0.25, 0.3) is 0 Å². The van der Waals surface area contributed by atoms with Gasteiger partial charge in [0.1, 0.15) is 0 Å². The Labute approximate surface area is 99.4 Å². The molecule has 0 heterocycles. The number of carbonyl (C=O) groups excluding carboxylic acids is 1. The zero-order valence-corrected chi connectivity index (χ0v) is 11.0. The Kier molecular flexibility index (Phi) is 4.33. The van der Waals surface area contributed by atoms with Crippen LogP contribution in [0.2, 0.25) is 0 Å². The lowest BCUT2D eigenvalue weighted by molar-refractivity contribution is 0.0772. The first-order valence-electron chi connectivity index (χ1n) is 5.16. The van der Waals surface area contributed by atoms with Crippen LogP contribution in [0.1, 0.15) is 29.8 Å². The van der Waals surface area contributed by atoms with Crippen molar-refractivity contribution in [3.63, 3.8) is 0 Å². The third-order valence-corrected chi connectivity index (χ3v) is 3.53. The Balaban J connectivity index is 3.05. The van der Waals surface area contributed by atoms with E-state index in [0.29, 0.717) is 0 Å². The third kappa shape index (κ3) is 2.59. The summed E-state index contributed by atoms with van der Waals surface area (Å²) in [5.74, 6) is 0.0931. The fraction of sp³-hybridized carbons (Fsp3) is 0.417. The monoisotopic (exact) mass is 269 g/mol. The first-order chi connectivity index (χ1) is 7.11.